The summed E-state index contributed by atoms with van der Waals surface area (Å²) in [6, 6.07) is 14.0. The molecule has 0 aliphatic carbocycles. The molecule has 0 heterocycles. The van der Waals surface area contributed by atoms with E-state index in [2.05, 4.69) is 0 Å². The van der Waals surface area contributed by atoms with Crippen LogP contribution in [0.3, 0.4) is 0 Å². The highest BCUT2D eigenvalue weighted by Crippen LogP contribution is 2.29. The molecule has 0 fully saturated rings. The molecule has 0 aliphatic rings. The molecule has 0 unspecified atom stereocenters. The fourth-order valence-electron chi connectivity index (χ4n) is 2.18. The molecule has 0 saturated carbocycles. The van der Waals surface area contributed by atoms with Crippen LogP contribution in [0.5, 0.6) is 5.75 Å². The van der Waals surface area contributed by atoms with Gasteiger partial charge in [0.05, 0.1) is 10.5 Å². The number of nitro groups is 1. The maximum atomic E-state index is 11.3. The number of rotatable bonds is 7. The third-order valence-corrected chi connectivity index (χ3v) is 3.25. The van der Waals surface area contributed by atoms with Crippen LogP contribution in [-0.4, -0.2) is 30.2 Å². The summed E-state index contributed by atoms with van der Waals surface area (Å²) in [7, 11) is 3.48. The highest BCUT2D eigenvalue weighted by molar-refractivity contribution is 6.08. The predicted octanol–water partition coefficient (Wildman–Crippen LogP) is 3.28. The largest absolute Gasteiger partial charge is 0.489 e. The summed E-state index contributed by atoms with van der Waals surface area (Å²) in [5.74, 6) is 0.464. The average Bonchev–Trinajstić information content (AvgIpc) is 2.58. The lowest BCUT2D eigenvalue weighted by Gasteiger charge is -2.11. The van der Waals surface area contributed by atoms with Gasteiger partial charge in [-0.2, -0.15) is 0 Å². The van der Waals surface area contributed by atoms with E-state index in [0.29, 0.717) is 18.6 Å². The first-order valence-corrected chi connectivity index (χ1v) is 7.30. The number of ether oxygens (including phenoxy) is 1. The van der Waals surface area contributed by atoms with Crippen molar-refractivity contribution in [3.8, 4) is 5.75 Å². The van der Waals surface area contributed by atoms with E-state index in [4.69, 9.17) is 4.74 Å². The maximum absolute atomic E-state index is 11.3. The zero-order chi connectivity index (χ0) is 17.5. The number of nitrogens with zero attached hydrogens (tertiary/aromatic N) is 2. The van der Waals surface area contributed by atoms with Crippen molar-refractivity contribution in [1.82, 2.24) is 4.90 Å². The summed E-state index contributed by atoms with van der Waals surface area (Å²) in [6.45, 7) is 0.339. The lowest BCUT2D eigenvalue weighted by Crippen LogP contribution is -2.05. The Hall–Kier alpha value is -3.15. The highest BCUT2D eigenvalue weighted by atomic mass is 16.6. The Bertz CT molecular complexity index is 755. The minimum absolute atomic E-state index is 0.137. The molecule has 0 N–H and O–H groups in total. The van der Waals surface area contributed by atoms with Crippen molar-refractivity contribution in [3.05, 3.63) is 76.0 Å². The minimum Gasteiger partial charge on any atom is -0.489 e. The monoisotopic (exact) mass is 326 g/mol. The van der Waals surface area contributed by atoms with E-state index in [-0.39, 0.29) is 16.8 Å². The zero-order valence-corrected chi connectivity index (χ0v) is 13.5. The summed E-state index contributed by atoms with van der Waals surface area (Å²) in [5, 5.41) is 11.2. The molecule has 24 heavy (non-hydrogen) atoms. The first kappa shape index (κ1) is 17.2. The molecule has 6 nitrogen and oxygen atoms in total. The molecule has 2 aromatic carbocycles. The van der Waals surface area contributed by atoms with Gasteiger partial charge in [0.25, 0.3) is 5.69 Å². The Balaban J connectivity index is 2.33. The van der Waals surface area contributed by atoms with Gasteiger partial charge in [-0.25, -0.2) is 0 Å². The number of carbonyl (C=O) groups is 1. The van der Waals surface area contributed by atoms with Gasteiger partial charge in [0.15, 0.2) is 6.29 Å². The first-order chi connectivity index (χ1) is 11.5. The van der Waals surface area contributed by atoms with Crippen LogP contribution in [0, 0.1) is 10.1 Å². The van der Waals surface area contributed by atoms with Gasteiger partial charge < -0.3 is 9.64 Å². The van der Waals surface area contributed by atoms with Crippen LogP contribution in [0.25, 0.3) is 5.57 Å². The molecule has 6 heteroatoms. The van der Waals surface area contributed by atoms with E-state index >= 15 is 0 Å². The van der Waals surface area contributed by atoms with Crippen molar-refractivity contribution in [2.24, 2.45) is 0 Å². The van der Waals surface area contributed by atoms with E-state index in [1.165, 1.54) is 24.4 Å². The second-order valence-corrected chi connectivity index (χ2v) is 5.38. The number of nitro benzene ring substituents is 1. The predicted molar refractivity (Wildman–Crippen MR) is 91.6 cm³/mol. The van der Waals surface area contributed by atoms with Gasteiger partial charge in [-0.05, 0) is 17.7 Å². The number of carbonyl (C=O) groups excluding carboxylic acids is 1. The maximum Gasteiger partial charge on any atom is 0.277 e. The average molecular weight is 326 g/mol. The number of benzene rings is 2. The van der Waals surface area contributed by atoms with Crippen molar-refractivity contribution in [1.29, 1.82) is 0 Å². The third-order valence-electron chi connectivity index (χ3n) is 3.25. The van der Waals surface area contributed by atoms with Crippen molar-refractivity contribution in [2.75, 3.05) is 14.1 Å². The molecule has 0 spiro atoms. The van der Waals surface area contributed by atoms with Crippen LogP contribution in [0.15, 0.2) is 54.7 Å². The van der Waals surface area contributed by atoms with Gasteiger partial charge in [-0.1, -0.05) is 30.3 Å². The molecule has 124 valence electrons. The van der Waals surface area contributed by atoms with E-state index in [9.17, 15) is 14.9 Å². The smallest absolute Gasteiger partial charge is 0.277 e. The second-order valence-electron chi connectivity index (χ2n) is 5.38. The van der Waals surface area contributed by atoms with Gasteiger partial charge in [-0.3, -0.25) is 14.9 Å². The Morgan fingerprint density at radius 3 is 2.50 bits per heavy atom. The number of hydrogen-bond donors (Lipinski definition) is 0. The van der Waals surface area contributed by atoms with Crippen LogP contribution in [-0.2, 0) is 11.4 Å². The number of hydrogen-bond acceptors (Lipinski definition) is 5. The molecule has 0 aliphatic heterocycles. The highest BCUT2D eigenvalue weighted by Gasteiger charge is 2.18. The van der Waals surface area contributed by atoms with Gasteiger partial charge in [0.2, 0.25) is 0 Å². The zero-order valence-electron chi connectivity index (χ0n) is 13.5. The molecule has 0 radical (unpaired) electrons. The van der Waals surface area contributed by atoms with Gasteiger partial charge in [0.1, 0.15) is 12.4 Å². The summed E-state index contributed by atoms with van der Waals surface area (Å²) in [6.07, 6.45) is 2.14. The van der Waals surface area contributed by atoms with E-state index in [1.54, 1.807) is 19.0 Å². The summed E-state index contributed by atoms with van der Waals surface area (Å²) < 4.78 is 5.69. The standard InChI is InChI=1S/C18H18N2O4/c1-19(2)11-15(12-21)17-10-16(8-9-18(17)20(22)23)24-13-14-6-4-3-5-7-14/h3-12H,13H2,1-2H3. The molecule has 0 saturated heterocycles. The Morgan fingerprint density at radius 1 is 1.21 bits per heavy atom. The molecular weight excluding hydrogens is 308 g/mol. The summed E-state index contributed by atoms with van der Waals surface area (Å²) in [4.78, 5) is 23.7. The third kappa shape index (κ3) is 4.42. The number of allylic oxidation sites excluding steroid dienone is 1. The summed E-state index contributed by atoms with van der Waals surface area (Å²) >= 11 is 0. The van der Waals surface area contributed by atoms with Crippen molar-refractivity contribution < 1.29 is 14.5 Å². The van der Waals surface area contributed by atoms with E-state index in [1.807, 2.05) is 30.3 Å². The van der Waals surface area contributed by atoms with Crippen LogP contribution in [0.2, 0.25) is 0 Å². The molecule has 0 atom stereocenters. The Kier molecular flexibility index (Phi) is 5.68. The van der Waals surface area contributed by atoms with Gasteiger partial charge >= 0.3 is 0 Å². The van der Waals surface area contributed by atoms with Crippen molar-refractivity contribution >= 4 is 17.5 Å². The van der Waals surface area contributed by atoms with E-state index in [0.717, 1.165) is 5.56 Å². The lowest BCUT2D eigenvalue weighted by atomic mass is 10.1. The normalized spacial score (nSPS) is 11.0. The van der Waals surface area contributed by atoms with Crippen LogP contribution < -0.4 is 4.74 Å². The first-order valence-electron chi connectivity index (χ1n) is 7.30. The van der Waals surface area contributed by atoms with Crippen LogP contribution >= 0.6 is 0 Å². The molecule has 2 rings (SSSR count). The molecule has 0 bridgehead atoms. The van der Waals surface area contributed by atoms with Crippen molar-refractivity contribution in [3.63, 3.8) is 0 Å². The van der Waals surface area contributed by atoms with Crippen LogP contribution in [0.4, 0.5) is 5.69 Å². The summed E-state index contributed by atoms with van der Waals surface area (Å²) in [5.41, 5.74) is 1.30. The fraction of sp³-hybridized carbons (Fsp3) is 0.167. The molecule has 2 aromatic rings. The SMILES string of the molecule is CN(C)C=C(C=O)c1cc(OCc2ccccc2)ccc1[N+](=O)[O-]. The lowest BCUT2D eigenvalue weighted by molar-refractivity contribution is -0.385. The fourth-order valence-corrected chi connectivity index (χ4v) is 2.18. The molecule has 0 aromatic heterocycles. The van der Waals surface area contributed by atoms with Gasteiger partial charge in [0, 0.05) is 31.9 Å². The number of aldehydes is 1. The minimum atomic E-state index is -0.511. The van der Waals surface area contributed by atoms with E-state index < -0.39 is 4.92 Å². The Morgan fingerprint density at radius 2 is 1.92 bits per heavy atom. The van der Waals surface area contributed by atoms with Gasteiger partial charge in [-0.15, -0.1) is 0 Å². The Labute approximate surface area is 140 Å². The second kappa shape index (κ2) is 7.92. The molecule has 0 amide bonds. The van der Waals surface area contributed by atoms with Crippen LogP contribution in [0.1, 0.15) is 11.1 Å². The topological polar surface area (TPSA) is 72.7 Å². The molecular formula is C18H18N2O4. The quantitative estimate of drug-likeness (QED) is 0.338. The van der Waals surface area contributed by atoms with Crippen molar-refractivity contribution in [2.45, 2.75) is 6.61 Å².